The maximum absolute atomic E-state index is 13.2. The first-order valence-electron chi connectivity index (χ1n) is 10.7. The minimum atomic E-state index is -0.295. The summed E-state index contributed by atoms with van der Waals surface area (Å²) in [5.74, 6) is -0.00841. The van der Waals surface area contributed by atoms with Gasteiger partial charge in [-0.05, 0) is 24.6 Å². The van der Waals surface area contributed by atoms with E-state index in [2.05, 4.69) is 31.1 Å². The lowest BCUT2D eigenvalue weighted by Gasteiger charge is -2.17. The molecular weight excluding hydrogens is 472 g/mol. The fourth-order valence-corrected chi connectivity index (χ4v) is 4.83. The van der Waals surface area contributed by atoms with Crippen LogP contribution in [0.15, 0.2) is 62.2 Å². The number of hydrogen-bond acceptors (Lipinski definition) is 5. The summed E-state index contributed by atoms with van der Waals surface area (Å²) in [7, 11) is 0. The van der Waals surface area contributed by atoms with Crippen molar-refractivity contribution in [2.75, 3.05) is 19.6 Å². The van der Waals surface area contributed by atoms with Gasteiger partial charge in [-0.15, -0.1) is 0 Å². The van der Waals surface area contributed by atoms with Crippen LogP contribution in [-0.4, -0.2) is 46.0 Å². The molecule has 1 saturated heterocycles. The second-order valence-electron chi connectivity index (χ2n) is 8.17. The predicted molar refractivity (Wildman–Crippen MR) is 128 cm³/mol. The number of rotatable bonds is 5. The van der Waals surface area contributed by atoms with E-state index in [0.29, 0.717) is 29.9 Å². The Bertz CT molecular complexity index is 1360. The van der Waals surface area contributed by atoms with Crippen molar-refractivity contribution in [3.63, 3.8) is 0 Å². The van der Waals surface area contributed by atoms with Crippen molar-refractivity contribution in [1.29, 1.82) is 0 Å². The Balaban J connectivity index is 1.56. The largest absolute Gasteiger partial charge is 0.452 e. The summed E-state index contributed by atoms with van der Waals surface area (Å²) in [6, 6.07) is 15.6. The normalized spacial score (nSPS) is 16.8. The van der Waals surface area contributed by atoms with E-state index < -0.39 is 0 Å². The SMILES string of the molecule is CC(=O)NC1CCN(CCn2c(=O)nc(-c3ccccc3)c3oc4ccc(Br)cc4c32)C1. The first kappa shape index (κ1) is 20.9. The van der Waals surface area contributed by atoms with Crippen LogP contribution in [0.2, 0.25) is 0 Å². The number of furan rings is 1. The van der Waals surface area contributed by atoms with Gasteiger partial charge in [0.1, 0.15) is 16.8 Å². The molecule has 5 rings (SSSR count). The van der Waals surface area contributed by atoms with Gasteiger partial charge < -0.3 is 9.73 Å². The Labute approximate surface area is 193 Å². The molecular formula is C24H23BrN4O3. The molecule has 2 aromatic carbocycles. The zero-order valence-electron chi connectivity index (χ0n) is 17.7. The van der Waals surface area contributed by atoms with Gasteiger partial charge in [0, 0.05) is 54.6 Å². The van der Waals surface area contributed by atoms with Gasteiger partial charge in [-0.3, -0.25) is 14.3 Å². The molecule has 7 nitrogen and oxygen atoms in total. The minimum Gasteiger partial charge on any atom is -0.452 e. The molecule has 2 aromatic heterocycles. The van der Waals surface area contributed by atoms with E-state index in [1.165, 1.54) is 0 Å². The molecule has 1 fully saturated rings. The molecule has 4 aromatic rings. The van der Waals surface area contributed by atoms with E-state index >= 15 is 0 Å². The van der Waals surface area contributed by atoms with Crippen molar-refractivity contribution in [2.45, 2.75) is 25.9 Å². The van der Waals surface area contributed by atoms with Crippen LogP contribution in [0.3, 0.4) is 0 Å². The molecule has 1 aliphatic heterocycles. The predicted octanol–water partition coefficient (Wildman–Crippen LogP) is 3.78. The van der Waals surface area contributed by atoms with Crippen molar-refractivity contribution < 1.29 is 9.21 Å². The molecule has 0 bridgehead atoms. The van der Waals surface area contributed by atoms with Gasteiger partial charge >= 0.3 is 5.69 Å². The number of aromatic nitrogens is 2. The number of hydrogen-bond donors (Lipinski definition) is 1. The van der Waals surface area contributed by atoms with E-state index in [0.717, 1.165) is 40.4 Å². The number of carbonyl (C=O) groups excluding carboxylic acids is 1. The number of carbonyl (C=O) groups is 1. The molecule has 0 saturated carbocycles. The highest BCUT2D eigenvalue weighted by atomic mass is 79.9. The number of benzene rings is 2. The molecule has 32 heavy (non-hydrogen) atoms. The van der Waals surface area contributed by atoms with Gasteiger partial charge in [-0.1, -0.05) is 46.3 Å². The van der Waals surface area contributed by atoms with Gasteiger partial charge in [0.25, 0.3) is 0 Å². The number of nitrogens with zero attached hydrogens (tertiary/aromatic N) is 3. The third kappa shape index (κ3) is 3.96. The van der Waals surface area contributed by atoms with Gasteiger partial charge in [0.2, 0.25) is 5.91 Å². The number of halogens is 1. The zero-order valence-corrected chi connectivity index (χ0v) is 19.3. The number of fused-ring (bicyclic) bond motifs is 3. The summed E-state index contributed by atoms with van der Waals surface area (Å²) < 4.78 is 8.85. The molecule has 1 unspecified atom stereocenters. The summed E-state index contributed by atoms with van der Waals surface area (Å²) in [6.45, 7) is 4.39. The van der Waals surface area contributed by atoms with Crippen molar-refractivity contribution in [3.8, 4) is 11.3 Å². The second kappa shape index (κ2) is 8.52. The number of nitrogens with one attached hydrogen (secondary N) is 1. The summed E-state index contributed by atoms with van der Waals surface area (Å²) in [6.07, 6.45) is 0.913. The molecule has 0 radical (unpaired) electrons. The lowest BCUT2D eigenvalue weighted by atomic mass is 10.1. The highest BCUT2D eigenvalue weighted by Gasteiger charge is 2.24. The van der Waals surface area contributed by atoms with E-state index in [9.17, 15) is 9.59 Å². The van der Waals surface area contributed by atoms with Crippen LogP contribution in [0.25, 0.3) is 33.3 Å². The van der Waals surface area contributed by atoms with Crippen LogP contribution < -0.4 is 11.0 Å². The molecule has 3 heterocycles. The van der Waals surface area contributed by atoms with Crippen molar-refractivity contribution in [2.24, 2.45) is 0 Å². The maximum atomic E-state index is 13.2. The Morgan fingerprint density at radius 3 is 2.81 bits per heavy atom. The topological polar surface area (TPSA) is 80.4 Å². The molecule has 1 N–H and O–H groups in total. The van der Waals surface area contributed by atoms with Crippen LogP contribution in [0, 0.1) is 0 Å². The number of likely N-dealkylation sites (tertiary alicyclic amines) is 1. The number of amides is 1. The molecule has 8 heteroatoms. The van der Waals surface area contributed by atoms with Gasteiger partial charge in [-0.25, -0.2) is 4.79 Å². The van der Waals surface area contributed by atoms with E-state index in [-0.39, 0.29) is 17.6 Å². The van der Waals surface area contributed by atoms with Crippen molar-refractivity contribution in [3.05, 3.63) is 63.5 Å². The third-order valence-electron chi connectivity index (χ3n) is 5.91. The summed E-state index contributed by atoms with van der Waals surface area (Å²) in [5.41, 5.74) is 3.20. The Morgan fingerprint density at radius 2 is 2.03 bits per heavy atom. The molecule has 0 spiro atoms. The average Bonchev–Trinajstić information content (AvgIpc) is 3.37. The monoisotopic (exact) mass is 494 g/mol. The highest BCUT2D eigenvalue weighted by molar-refractivity contribution is 9.10. The van der Waals surface area contributed by atoms with E-state index in [4.69, 9.17) is 4.42 Å². The van der Waals surface area contributed by atoms with Crippen LogP contribution >= 0.6 is 15.9 Å². The second-order valence-corrected chi connectivity index (χ2v) is 9.08. The molecule has 1 aliphatic rings. The minimum absolute atomic E-state index is 0.00841. The lowest BCUT2D eigenvalue weighted by Crippen LogP contribution is -2.37. The molecule has 0 aliphatic carbocycles. The van der Waals surface area contributed by atoms with Crippen LogP contribution in [-0.2, 0) is 11.3 Å². The highest BCUT2D eigenvalue weighted by Crippen LogP contribution is 2.34. The van der Waals surface area contributed by atoms with Gasteiger partial charge in [-0.2, -0.15) is 4.98 Å². The first-order valence-corrected chi connectivity index (χ1v) is 11.5. The standard InChI is InChI=1S/C24H23BrN4O3/c1-15(30)26-18-9-10-28(14-18)11-12-29-22-19-13-17(25)7-8-20(19)32-23(22)21(27-24(29)31)16-5-3-2-4-6-16/h2-8,13,18H,9-12,14H2,1H3,(H,26,30). The van der Waals surface area contributed by atoms with Crippen LogP contribution in [0.1, 0.15) is 13.3 Å². The Hall–Kier alpha value is -2.97. The third-order valence-corrected chi connectivity index (χ3v) is 6.41. The summed E-state index contributed by atoms with van der Waals surface area (Å²) >= 11 is 3.54. The van der Waals surface area contributed by atoms with E-state index in [1.807, 2.05) is 48.5 Å². The average molecular weight is 495 g/mol. The van der Waals surface area contributed by atoms with Crippen molar-refractivity contribution in [1.82, 2.24) is 19.8 Å². The molecule has 164 valence electrons. The van der Waals surface area contributed by atoms with Gasteiger partial charge in [0.15, 0.2) is 5.58 Å². The maximum Gasteiger partial charge on any atom is 0.348 e. The summed E-state index contributed by atoms with van der Waals surface area (Å²) in [5, 5.41) is 3.86. The Morgan fingerprint density at radius 1 is 1.22 bits per heavy atom. The molecule has 1 atom stereocenters. The fraction of sp³-hybridized carbons (Fsp3) is 0.292. The quantitative estimate of drug-likeness (QED) is 0.456. The smallest absolute Gasteiger partial charge is 0.348 e. The van der Waals surface area contributed by atoms with E-state index in [1.54, 1.807) is 11.5 Å². The Kier molecular flexibility index (Phi) is 5.57. The lowest BCUT2D eigenvalue weighted by molar-refractivity contribution is -0.119. The zero-order chi connectivity index (χ0) is 22.2. The van der Waals surface area contributed by atoms with Gasteiger partial charge in [0.05, 0.1) is 0 Å². The first-order chi connectivity index (χ1) is 15.5. The summed E-state index contributed by atoms with van der Waals surface area (Å²) in [4.78, 5) is 31.2. The van der Waals surface area contributed by atoms with Crippen LogP contribution in [0.4, 0.5) is 0 Å². The fourth-order valence-electron chi connectivity index (χ4n) is 4.47. The van der Waals surface area contributed by atoms with Crippen LogP contribution in [0.5, 0.6) is 0 Å². The molecule has 1 amide bonds. The van der Waals surface area contributed by atoms with Crippen molar-refractivity contribution >= 4 is 43.9 Å².